The first-order valence-electron chi connectivity index (χ1n) is 6.78. The molecule has 7 nitrogen and oxygen atoms in total. The Labute approximate surface area is 131 Å². The first-order valence-corrected chi connectivity index (χ1v) is 7.16. The first kappa shape index (κ1) is 14.8. The zero-order valence-electron chi connectivity index (χ0n) is 11.6. The van der Waals surface area contributed by atoms with Crippen LogP contribution in [0.5, 0.6) is 0 Å². The monoisotopic (exact) mass is 323 g/mol. The zero-order valence-corrected chi connectivity index (χ0v) is 12.4. The molecule has 1 saturated heterocycles. The fourth-order valence-corrected chi connectivity index (χ4v) is 2.54. The van der Waals surface area contributed by atoms with Crippen molar-refractivity contribution in [3.63, 3.8) is 0 Å². The van der Waals surface area contributed by atoms with Gasteiger partial charge in [0.15, 0.2) is 0 Å². The van der Waals surface area contributed by atoms with E-state index in [1.807, 2.05) is 0 Å². The Morgan fingerprint density at radius 2 is 2.18 bits per heavy atom. The van der Waals surface area contributed by atoms with Crippen LogP contribution >= 0.6 is 11.6 Å². The quantitative estimate of drug-likeness (QED) is 0.896. The lowest BCUT2D eigenvalue weighted by molar-refractivity contribution is -0.143. The molecular weight excluding hydrogens is 310 g/mol. The van der Waals surface area contributed by atoms with Crippen molar-refractivity contribution in [2.24, 2.45) is 5.92 Å². The molecule has 3 heterocycles. The number of carbonyl (C=O) groups is 2. The highest BCUT2D eigenvalue weighted by molar-refractivity contribution is 6.30. The predicted molar refractivity (Wildman–Crippen MR) is 78.1 cm³/mol. The maximum atomic E-state index is 12.5. The number of pyridine rings is 1. The van der Waals surface area contributed by atoms with Gasteiger partial charge in [0, 0.05) is 25.5 Å². The molecule has 0 radical (unpaired) electrons. The molecule has 1 N–H and O–H groups in total. The number of carboxylic acid groups (broad SMARTS) is 1. The number of halogens is 1. The molecule has 1 amide bonds. The van der Waals surface area contributed by atoms with Crippen LogP contribution in [0.2, 0.25) is 5.02 Å². The van der Waals surface area contributed by atoms with Crippen LogP contribution in [0.25, 0.3) is 5.65 Å². The maximum Gasteiger partial charge on any atom is 0.310 e. The minimum atomic E-state index is -0.971. The highest BCUT2D eigenvalue weighted by Crippen LogP contribution is 2.15. The fraction of sp³-hybridized carbons (Fsp3) is 0.357. The van der Waals surface area contributed by atoms with Crippen molar-refractivity contribution >= 4 is 29.1 Å². The van der Waals surface area contributed by atoms with Gasteiger partial charge < -0.3 is 19.1 Å². The number of imidazole rings is 1. The van der Waals surface area contributed by atoms with Gasteiger partial charge in [-0.25, -0.2) is 4.98 Å². The topological polar surface area (TPSA) is 84.1 Å². The Morgan fingerprint density at radius 1 is 1.36 bits per heavy atom. The molecule has 1 aliphatic heterocycles. The molecule has 0 bridgehead atoms. The maximum absolute atomic E-state index is 12.5. The smallest absolute Gasteiger partial charge is 0.310 e. The molecular formula is C14H14ClN3O4. The molecule has 22 heavy (non-hydrogen) atoms. The van der Waals surface area contributed by atoms with Crippen LogP contribution in [0.4, 0.5) is 0 Å². The Kier molecular flexibility index (Phi) is 4.00. The largest absolute Gasteiger partial charge is 0.481 e. The minimum absolute atomic E-state index is 0.111. The van der Waals surface area contributed by atoms with Gasteiger partial charge in [0.1, 0.15) is 11.3 Å². The van der Waals surface area contributed by atoms with E-state index < -0.39 is 11.9 Å². The third-order valence-electron chi connectivity index (χ3n) is 3.54. The summed E-state index contributed by atoms with van der Waals surface area (Å²) in [6, 6.07) is 3.41. The summed E-state index contributed by atoms with van der Waals surface area (Å²) in [6.45, 7) is 0.884. The number of aromatic nitrogens is 2. The molecule has 2 aromatic rings. The van der Waals surface area contributed by atoms with Crippen molar-refractivity contribution in [3.05, 3.63) is 35.2 Å². The normalized spacial score (nSPS) is 19.1. The first-order chi connectivity index (χ1) is 10.5. The van der Waals surface area contributed by atoms with E-state index in [1.165, 1.54) is 4.90 Å². The van der Waals surface area contributed by atoms with E-state index in [0.717, 1.165) is 0 Å². The van der Waals surface area contributed by atoms with E-state index in [2.05, 4.69) is 4.98 Å². The highest BCUT2D eigenvalue weighted by atomic mass is 35.5. The van der Waals surface area contributed by atoms with Gasteiger partial charge in [-0.3, -0.25) is 9.59 Å². The van der Waals surface area contributed by atoms with Crippen LogP contribution in [0, 0.1) is 5.92 Å². The van der Waals surface area contributed by atoms with Gasteiger partial charge in [0.05, 0.1) is 24.2 Å². The van der Waals surface area contributed by atoms with Crippen molar-refractivity contribution in [2.45, 2.75) is 0 Å². The molecule has 116 valence electrons. The molecule has 1 aliphatic rings. The average molecular weight is 324 g/mol. The molecule has 8 heteroatoms. The van der Waals surface area contributed by atoms with Gasteiger partial charge >= 0.3 is 5.97 Å². The number of hydrogen-bond acceptors (Lipinski definition) is 4. The second-order valence-electron chi connectivity index (χ2n) is 5.10. The number of amides is 1. The van der Waals surface area contributed by atoms with Gasteiger partial charge in [-0.05, 0) is 12.1 Å². The highest BCUT2D eigenvalue weighted by Gasteiger charge is 2.28. The van der Waals surface area contributed by atoms with Crippen molar-refractivity contribution in [3.8, 4) is 0 Å². The summed E-state index contributed by atoms with van der Waals surface area (Å²) in [6.07, 6.45) is 3.25. The lowest BCUT2D eigenvalue weighted by Gasteiger charge is -2.20. The summed E-state index contributed by atoms with van der Waals surface area (Å²) in [7, 11) is 0. The van der Waals surface area contributed by atoms with Crippen LogP contribution < -0.4 is 0 Å². The average Bonchev–Trinajstić information content (AvgIpc) is 2.74. The molecule has 0 aromatic carbocycles. The Hall–Kier alpha value is -2.12. The number of carboxylic acids is 1. The van der Waals surface area contributed by atoms with Crippen LogP contribution in [-0.2, 0) is 9.53 Å². The number of aliphatic carboxylic acids is 1. The third-order valence-corrected chi connectivity index (χ3v) is 3.76. The van der Waals surface area contributed by atoms with E-state index in [4.69, 9.17) is 21.4 Å². The molecule has 1 fully saturated rings. The zero-order chi connectivity index (χ0) is 15.7. The van der Waals surface area contributed by atoms with Gasteiger partial charge in [-0.1, -0.05) is 11.6 Å². The summed E-state index contributed by atoms with van der Waals surface area (Å²) in [5.41, 5.74) is 0.863. The molecule has 0 saturated carbocycles. The number of rotatable bonds is 2. The Morgan fingerprint density at radius 3 is 2.95 bits per heavy atom. The van der Waals surface area contributed by atoms with E-state index in [1.54, 1.807) is 28.9 Å². The van der Waals surface area contributed by atoms with Crippen LogP contribution in [-0.4, -0.2) is 57.6 Å². The molecule has 0 aliphatic carbocycles. The number of carbonyl (C=O) groups excluding carboxylic acids is 1. The number of hydrogen-bond donors (Lipinski definition) is 1. The van der Waals surface area contributed by atoms with Crippen LogP contribution in [0.1, 0.15) is 10.5 Å². The van der Waals surface area contributed by atoms with Crippen LogP contribution in [0.3, 0.4) is 0 Å². The second kappa shape index (κ2) is 5.94. The van der Waals surface area contributed by atoms with E-state index in [9.17, 15) is 9.59 Å². The van der Waals surface area contributed by atoms with Gasteiger partial charge in [0.2, 0.25) is 0 Å². The van der Waals surface area contributed by atoms with Gasteiger partial charge in [0.25, 0.3) is 5.91 Å². The van der Waals surface area contributed by atoms with Gasteiger partial charge in [-0.2, -0.15) is 0 Å². The number of nitrogens with zero attached hydrogens (tertiary/aromatic N) is 3. The van der Waals surface area contributed by atoms with E-state index in [-0.39, 0.29) is 24.8 Å². The molecule has 0 spiro atoms. The van der Waals surface area contributed by atoms with Crippen molar-refractivity contribution in [1.29, 1.82) is 0 Å². The Balaban J connectivity index is 1.85. The number of fused-ring (bicyclic) bond motifs is 1. The SMILES string of the molecule is O=C(O)C1COCCN(C(=O)c2cn3cc(Cl)ccc3n2)C1. The standard InChI is InChI=1S/C14H14ClN3O4/c15-10-1-2-12-16-11(7-18(12)6-10)13(19)17-3-4-22-8-9(5-17)14(20)21/h1-2,6-7,9H,3-5,8H2,(H,20,21). The van der Waals surface area contributed by atoms with Crippen LogP contribution in [0.15, 0.2) is 24.5 Å². The van der Waals surface area contributed by atoms with E-state index in [0.29, 0.717) is 23.8 Å². The van der Waals surface area contributed by atoms with E-state index >= 15 is 0 Å². The van der Waals surface area contributed by atoms with Crippen molar-refractivity contribution in [2.75, 3.05) is 26.3 Å². The molecule has 1 unspecified atom stereocenters. The lowest BCUT2D eigenvalue weighted by atomic mass is 10.1. The summed E-state index contributed by atoms with van der Waals surface area (Å²) in [5.74, 6) is -2.00. The summed E-state index contributed by atoms with van der Waals surface area (Å²) < 4.78 is 6.91. The van der Waals surface area contributed by atoms with Gasteiger partial charge in [-0.15, -0.1) is 0 Å². The number of ether oxygens (including phenoxy) is 1. The summed E-state index contributed by atoms with van der Waals surface area (Å²) in [4.78, 5) is 29.4. The van der Waals surface area contributed by atoms with Crippen molar-refractivity contribution in [1.82, 2.24) is 14.3 Å². The summed E-state index contributed by atoms with van der Waals surface area (Å²) >= 11 is 5.91. The molecule has 1 atom stereocenters. The lowest BCUT2D eigenvalue weighted by Crippen LogP contribution is -2.38. The third kappa shape index (κ3) is 2.90. The fourth-order valence-electron chi connectivity index (χ4n) is 2.37. The summed E-state index contributed by atoms with van der Waals surface area (Å²) in [5, 5.41) is 9.67. The molecule has 2 aromatic heterocycles. The second-order valence-corrected chi connectivity index (χ2v) is 5.54. The van der Waals surface area contributed by atoms with Crippen molar-refractivity contribution < 1.29 is 19.4 Å². The predicted octanol–water partition coefficient (Wildman–Crippen LogP) is 1.16. The minimum Gasteiger partial charge on any atom is -0.481 e. The Bertz CT molecular complexity index is 730. The molecule has 3 rings (SSSR count).